The van der Waals surface area contributed by atoms with Crippen molar-refractivity contribution in [2.45, 2.75) is 37.5 Å². The number of fused-ring (bicyclic) bond motifs is 2. The van der Waals surface area contributed by atoms with Crippen LogP contribution in [0.15, 0.2) is 39.9 Å². The number of aliphatic imine (C=N–C) groups is 1. The van der Waals surface area contributed by atoms with Crippen molar-refractivity contribution in [1.29, 1.82) is 0 Å². The number of pyridine rings is 1. The van der Waals surface area contributed by atoms with Gasteiger partial charge in [0.15, 0.2) is 35.3 Å². The van der Waals surface area contributed by atoms with Crippen molar-refractivity contribution in [2.75, 3.05) is 39.2 Å². The van der Waals surface area contributed by atoms with Crippen molar-refractivity contribution in [3.63, 3.8) is 0 Å². The number of nitrogens with zero attached hydrogens (tertiary/aromatic N) is 8. The summed E-state index contributed by atoms with van der Waals surface area (Å²) in [7, 11) is 5.58. The molecule has 6 N–H and O–H groups in total. The third-order valence-electron chi connectivity index (χ3n) is 7.32. The van der Waals surface area contributed by atoms with Crippen molar-refractivity contribution in [1.82, 2.24) is 35.0 Å². The molecule has 3 aromatic rings. The molecule has 1 saturated heterocycles. The number of anilines is 1. The molecule has 21 heteroatoms. The first-order valence-electron chi connectivity index (χ1n) is 14.6. The highest BCUT2D eigenvalue weighted by Crippen LogP contribution is 2.40. The van der Waals surface area contributed by atoms with Gasteiger partial charge in [-0.1, -0.05) is 28.1 Å². The Bertz CT molecular complexity index is 1910. The number of thiazole rings is 1. The first kappa shape index (κ1) is 35.5. The number of imidazole rings is 1. The first-order chi connectivity index (χ1) is 23.3. The number of hydrogen-bond donors (Lipinski definition) is 5. The van der Waals surface area contributed by atoms with Crippen molar-refractivity contribution in [2.24, 2.45) is 10.1 Å². The van der Waals surface area contributed by atoms with Gasteiger partial charge in [0.2, 0.25) is 12.1 Å². The number of likely N-dealkylation sites (N-methyl/N-ethyl adjacent to an activating group) is 1. The van der Waals surface area contributed by atoms with E-state index in [1.807, 2.05) is 38.0 Å². The van der Waals surface area contributed by atoms with Crippen molar-refractivity contribution in [3.8, 4) is 0 Å². The highest BCUT2D eigenvalue weighted by Gasteiger charge is 2.55. The molecule has 0 saturated carbocycles. The second-order valence-corrected chi connectivity index (χ2v) is 13.8. The van der Waals surface area contributed by atoms with E-state index in [0.717, 1.165) is 21.8 Å². The molecule has 1 unspecified atom stereocenters. The summed E-state index contributed by atoms with van der Waals surface area (Å²) in [6.45, 7) is 2.69. The number of hydrogen-bond acceptors (Lipinski definition) is 13. The van der Waals surface area contributed by atoms with Gasteiger partial charge in [-0.25, -0.2) is 24.5 Å². The first-order valence-corrected chi connectivity index (χ1v) is 16.9. The highest BCUT2D eigenvalue weighted by molar-refractivity contribution is 8.00. The van der Waals surface area contributed by atoms with E-state index in [1.165, 1.54) is 18.7 Å². The summed E-state index contributed by atoms with van der Waals surface area (Å²) in [6, 6.07) is 0.756. The summed E-state index contributed by atoms with van der Waals surface area (Å²) in [4.78, 5) is 71.6. The lowest BCUT2D eigenvalue weighted by Gasteiger charge is -2.49. The molecule has 2 aliphatic heterocycles. The summed E-state index contributed by atoms with van der Waals surface area (Å²) in [6.07, 6.45) is 3.86. The number of β-lactam (4-membered cyclic amide) rings is 1. The fourth-order valence-corrected chi connectivity index (χ4v) is 7.25. The van der Waals surface area contributed by atoms with Crippen LogP contribution in [-0.4, -0.2) is 121 Å². The van der Waals surface area contributed by atoms with Gasteiger partial charge < -0.3 is 40.9 Å². The van der Waals surface area contributed by atoms with Crippen molar-refractivity contribution >= 4 is 92.6 Å². The van der Waals surface area contributed by atoms with Crippen LogP contribution in [0.5, 0.6) is 0 Å². The number of carboxylic acid groups (broad SMARTS) is 2. The molecular weight excluding hydrogens is 702 g/mol. The number of carbonyl (C=O) groups excluding carboxylic acids is 2. The van der Waals surface area contributed by atoms with E-state index >= 15 is 0 Å². The number of nitrogens with two attached hydrogens (primary N) is 1. The van der Waals surface area contributed by atoms with Crippen LogP contribution in [0.3, 0.4) is 0 Å². The Morgan fingerprint density at radius 2 is 2.08 bits per heavy atom. The molecule has 0 radical (unpaired) electrons. The van der Waals surface area contributed by atoms with E-state index in [0.29, 0.717) is 30.1 Å². The second kappa shape index (κ2) is 14.8. The number of nitrogen functional groups attached to an aromatic ring is 1. The largest absolute Gasteiger partial charge is 0.478 e. The van der Waals surface area contributed by atoms with Gasteiger partial charge in [0.05, 0.1) is 11.9 Å². The van der Waals surface area contributed by atoms with E-state index < -0.39 is 47.0 Å². The van der Waals surface area contributed by atoms with Gasteiger partial charge in [0.25, 0.3) is 11.8 Å². The lowest BCUT2D eigenvalue weighted by Crippen LogP contribution is -2.71. The van der Waals surface area contributed by atoms with E-state index in [2.05, 4.69) is 30.7 Å². The molecule has 3 aromatic heterocycles. The minimum absolute atomic E-state index is 0.00902. The quantitative estimate of drug-likeness (QED) is 0.0486. The molecule has 1 fully saturated rings. The Labute approximate surface area is 292 Å². The Balaban J connectivity index is 1.37. The lowest BCUT2D eigenvalue weighted by molar-refractivity contribution is -0.687. The summed E-state index contributed by atoms with van der Waals surface area (Å²) in [5.41, 5.74) is 6.88. The van der Waals surface area contributed by atoms with Crippen LogP contribution in [0.25, 0.3) is 11.0 Å². The van der Waals surface area contributed by atoms with E-state index in [-0.39, 0.29) is 33.2 Å². The fourth-order valence-electron chi connectivity index (χ4n) is 4.98. The van der Waals surface area contributed by atoms with Crippen molar-refractivity contribution < 1.29 is 38.8 Å². The Hall–Kier alpha value is -4.79. The minimum atomic E-state index is -1.42. The number of carbonyl (C=O) groups is 4. The topological polar surface area (TPSA) is 234 Å². The van der Waals surface area contributed by atoms with Crippen LogP contribution in [0.4, 0.5) is 11.1 Å². The normalized spacial score (nSPS) is 18.4. The van der Waals surface area contributed by atoms with Crippen LogP contribution in [0.2, 0.25) is 4.34 Å². The predicted molar refractivity (Wildman–Crippen MR) is 182 cm³/mol. The lowest BCUT2D eigenvalue weighted by atomic mass is 10.0. The van der Waals surface area contributed by atoms with Crippen LogP contribution in [-0.2, 0) is 37.1 Å². The number of aliphatic carboxylic acids is 2. The van der Waals surface area contributed by atoms with E-state index in [1.54, 1.807) is 22.0 Å². The molecule has 0 spiro atoms. The van der Waals surface area contributed by atoms with Gasteiger partial charge in [0.1, 0.15) is 27.1 Å². The predicted octanol–water partition coefficient (Wildman–Crippen LogP) is 0.0893. The molecular formula is C28H33ClN11O7S2+. The second-order valence-electron chi connectivity index (χ2n) is 11.1. The Morgan fingerprint density at radius 3 is 2.71 bits per heavy atom. The molecule has 49 heavy (non-hydrogen) atoms. The van der Waals surface area contributed by atoms with Gasteiger partial charge in [-0.05, 0) is 14.0 Å². The number of thioether (sulfide) groups is 1. The zero-order chi connectivity index (χ0) is 35.6. The molecule has 3 atom stereocenters. The number of aromatic nitrogens is 4. The standard InChI is InChI=1S/C28H32ClN11O7S2/c1-13(25(43)44)47-36-18(17-21(29)49-27(30)35-17)22(41)34-19-23(42)40-20(26(45)46)14(11-48-24(19)40)9-38-7-5-16-15(10-38)33-28(32-12-37(3)4)39(16)8-6-31-2/h5,7,10,12-13,19,24,31H,6,8-9,11H2,1-4H3,(H4-,30,34,35,41,43,44,45,46)/p+1/b32-12-,36-18-/t13-,19+,24?/m0/s1. The molecule has 0 aromatic carbocycles. The Kier molecular flexibility index (Phi) is 10.7. The van der Waals surface area contributed by atoms with Gasteiger partial charge in [-0.3, -0.25) is 14.5 Å². The molecule has 0 aliphatic carbocycles. The zero-order valence-corrected chi connectivity index (χ0v) is 29.0. The van der Waals surface area contributed by atoms with Gasteiger partial charge in [0, 0.05) is 44.6 Å². The number of carboxylic acids is 2. The number of amides is 2. The molecule has 18 nitrogen and oxygen atoms in total. The molecule has 5 heterocycles. The third-order valence-corrected chi connectivity index (χ3v) is 9.74. The van der Waals surface area contributed by atoms with Crippen LogP contribution >= 0.6 is 34.7 Å². The smallest absolute Gasteiger partial charge is 0.352 e. The summed E-state index contributed by atoms with van der Waals surface area (Å²) >= 11 is 8.32. The average molecular weight is 735 g/mol. The average Bonchev–Trinajstić information content (AvgIpc) is 3.57. The molecule has 2 amide bonds. The SMILES string of the molecule is CNCCn1c(/N=C\N(C)C)nc2c[n+](CC3=C(C(=O)O)N4C(=O)[C@@H](NC(=O)/C(=N\O[C@@H](C)C(=O)O)c5nc(N)sc5Cl)C4SC3)ccc21. The fraction of sp³-hybridized carbons (Fsp3) is 0.393. The number of rotatable bonds is 14. The van der Waals surface area contributed by atoms with E-state index in [9.17, 15) is 24.3 Å². The maximum Gasteiger partial charge on any atom is 0.352 e. The Morgan fingerprint density at radius 1 is 1.33 bits per heavy atom. The van der Waals surface area contributed by atoms with Crippen LogP contribution in [0.1, 0.15) is 12.6 Å². The molecule has 2 aliphatic rings. The minimum Gasteiger partial charge on any atom is -0.478 e. The maximum atomic E-state index is 13.4. The third kappa shape index (κ3) is 7.46. The van der Waals surface area contributed by atoms with Crippen molar-refractivity contribution in [3.05, 3.63) is 39.8 Å². The van der Waals surface area contributed by atoms with Crippen LogP contribution < -0.4 is 20.9 Å². The van der Waals surface area contributed by atoms with Gasteiger partial charge >= 0.3 is 11.9 Å². The zero-order valence-electron chi connectivity index (χ0n) is 26.7. The summed E-state index contributed by atoms with van der Waals surface area (Å²) in [5.74, 6) is -3.46. The van der Waals surface area contributed by atoms with Gasteiger partial charge in [-0.2, -0.15) is 4.57 Å². The van der Waals surface area contributed by atoms with Crippen LogP contribution in [0, 0.1) is 0 Å². The highest BCUT2D eigenvalue weighted by atomic mass is 35.5. The van der Waals surface area contributed by atoms with Gasteiger partial charge in [-0.15, -0.1) is 11.8 Å². The molecule has 5 rings (SSSR count). The summed E-state index contributed by atoms with van der Waals surface area (Å²) in [5, 5.41) is 28.0. The number of nitrogens with one attached hydrogen (secondary N) is 2. The number of halogens is 1. The number of oxime groups is 1. The summed E-state index contributed by atoms with van der Waals surface area (Å²) < 4.78 is 3.77. The maximum absolute atomic E-state index is 13.4. The monoisotopic (exact) mass is 734 g/mol. The van der Waals surface area contributed by atoms with E-state index in [4.69, 9.17) is 27.3 Å². The molecule has 260 valence electrons. The molecule has 0 bridgehead atoms.